The number of methoxy groups -OCH3 is 1. The van der Waals surface area contributed by atoms with E-state index in [1.165, 1.54) is 22.8 Å². The van der Waals surface area contributed by atoms with Crippen molar-refractivity contribution in [1.29, 1.82) is 0 Å². The molecule has 1 aliphatic rings. The van der Waals surface area contributed by atoms with Gasteiger partial charge in [0.15, 0.2) is 9.99 Å². The lowest BCUT2D eigenvalue weighted by Gasteiger charge is -2.33. The lowest BCUT2D eigenvalue weighted by Crippen LogP contribution is -2.49. The summed E-state index contributed by atoms with van der Waals surface area (Å²) in [7, 11) is -2.28. The molecule has 1 aliphatic heterocycles. The van der Waals surface area contributed by atoms with E-state index in [1.54, 1.807) is 23.6 Å². The topological polar surface area (TPSA) is 72.9 Å². The molecule has 0 amide bonds. The van der Waals surface area contributed by atoms with Crippen molar-refractivity contribution in [3.8, 4) is 5.75 Å². The summed E-state index contributed by atoms with van der Waals surface area (Å²) in [5.74, 6) is 0.258. The molecular formula is C15H17NO5S3. The van der Waals surface area contributed by atoms with Crippen molar-refractivity contribution in [3.63, 3.8) is 0 Å². The number of carbonyl (C=O) groups excluding carboxylic acids is 1. The number of sulfonamides is 1. The van der Waals surface area contributed by atoms with Gasteiger partial charge < -0.3 is 9.47 Å². The summed E-state index contributed by atoms with van der Waals surface area (Å²) in [6.07, 6.45) is 0.105. The quantitative estimate of drug-likeness (QED) is 0.712. The van der Waals surface area contributed by atoms with Crippen LogP contribution in [0.25, 0.3) is 0 Å². The van der Waals surface area contributed by atoms with Gasteiger partial charge in [-0.25, -0.2) is 8.42 Å². The first-order valence-corrected chi connectivity index (χ1v) is 10.5. The summed E-state index contributed by atoms with van der Waals surface area (Å²) in [4.78, 5) is 13.0. The van der Waals surface area contributed by atoms with Crippen molar-refractivity contribution < 1.29 is 22.7 Å². The zero-order valence-electron chi connectivity index (χ0n) is 13.0. The lowest BCUT2D eigenvalue weighted by atomic mass is 10.1. The summed E-state index contributed by atoms with van der Waals surface area (Å²) in [5.41, 5.74) is 0. The van der Waals surface area contributed by atoms with Crippen LogP contribution in [-0.2, 0) is 14.8 Å². The van der Waals surface area contributed by atoms with Crippen LogP contribution in [0.15, 0.2) is 33.2 Å². The average molecular weight is 388 g/mol. The molecule has 0 N–H and O–H groups in total. The molecule has 0 bridgehead atoms. The van der Waals surface area contributed by atoms with Gasteiger partial charge in [0.25, 0.3) is 10.0 Å². The molecule has 2 aromatic rings. The Labute approximate surface area is 148 Å². The van der Waals surface area contributed by atoms with Crippen LogP contribution in [0.5, 0.6) is 5.75 Å². The molecule has 3 heterocycles. The fourth-order valence-corrected chi connectivity index (χ4v) is 6.26. The van der Waals surface area contributed by atoms with Gasteiger partial charge in [0.1, 0.15) is 5.75 Å². The van der Waals surface area contributed by atoms with Gasteiger partial charge in [-0.1, -0.05) is 6.07 Å². The minimum Gasteiger partial charge on any atom is -0.494 e. The molecule has 130 valence electrons. The zero-order valence-corrected chi connectivity index (χ0v) is 15.5. The van der Waals surface area contributed by atoms with Crippen molar-refractivity contribution in [1.82, 2.24) is 4.31 Å². The third-order valence-electron chi connectivity index (χ3n) is 3.75. The Morgan fingerprint density at radius 3 is 2.92 bits per heavy atom. The molecule has 0 radical (unpaired) electrons. The summed E-state index contributed by atoms with van der Waals surface area (Å²) in [6, 6.07) is 4.67. The van der Waals surface area contributed by atoms with Gasteiger partial charge >= 0.3 is 0 Å². The lowest BCUT2D eigenvalue weighted by molar-refractivity contribution is 0.0294. The van der Waals surface area contributed by atoms with E-state index in [4.69, 9.17) is 9.47 Å². The van der Waals surface area contributed by atoms with Gasteiger partial charge in [-0.3, -0.25) is 4.79 Å². The number of thiophene rings is 2. The molecule has 0 saturated carbocycles. The third kappa shape index (κ3) is 3.40. The maximum absolute atomic E-state index is 13.0. The largest absolute Gasteiger partial charge is 0.494 e. The van der Waals surface area contributed by atoms with Crippen LogP contribution < -0.4 is 4.74 Å². The molecule has 1 fully saturated rings. The molecule has 1 saturated heterocycles. The molecular weight excluding hydrogens is 370 g/mol. The Morgan fingerprint density at radius 2 is 2.21 bits per heavy atom. The molecule has 0 aromatic carbocycles. The fourth-order valence-electron chi connectivity index (χ4n) is 2.60. The fraction of sp³-hybridized carbons (Fsp3) is 0.400. The first kappa shape index (κ1) is 17.6. The molecule has 3 rings (SSSR count). The van der Waals surface area contributed by atoms with Crippen molar-refractivity contribution in [2.24, 2.45) is 0 Å². The maximum atomic E-state index is 13.0. The highest BCUT2D eigenvalue weighted by Gasteiger charge is 2.37. The number of carbonyl (C=O) groups is 1. The summed E-state index contributed by atoms with van der Waals surface area (Å²) < 4.78 is 38.1. The van der Waals surface area contributed by atoms with Gasteiger partial charge in [-0.05, 0) is 22.9 Å². The van der Waals surface area contributed by atoms with Crippen LogP contribution in [0, 0.1) is 0 Å². The van der Waals surface area contributed by atoms with Gasteiger partial charge in [-0.15, -0.1) is 22.7 Å². The van der Waals surface area contributed by atoms with Crippen LogP contribution in [0.1, 0.15) is 16.1 Å². The van der Waals surface area contributed by atoms with Gasteiger partial charge in [0.05, 0.1) is 31.2 Å². The molecule has 9 heteroatoms. The number of ketones is 1. The van der Waals surface area contributed by atoms with E-state index in [0.717, 1.165) is 11.3 Å². The second-order valence-corrected chi connectivity index (χ2v) is 9.18. The predicted octanol–water partition coefficient (Wildman–Crippen LogP) is 2.48. The van der Waals surface area contributed by atoms with Crippen molar-refractivity contribution in [2.45, 2.75) is 16.7 Å². The Morgan fingerprint density at radius 1 is 1.38 bits per heavy atom. The third-order valence-corrected chi connectivity index (χ3v) is 8.04. The smallest absolute Gasteiger partial charge is 0.256 e. The molecule has 0 aliphatic carbocycles. The number of rotatable bonds is 6. The highest BCUT2D eigenvalue weighted by atomic mass is 32.2. The van der Waals surface area contributed by atoms with E-state index in [2.05, 4.69) is 0 Å². The van der Waals surface area contributed by atoms with E-state index in [1.807, 2.05) is 5.38 Å². The van der Waals surface area contributed by atoms with E-state index < -0.39 is 16.1 Å². The molecule has 2 aromatic heterocycles. The highest BCUT2D eigenvalue weighted by molar-refractivity contribution is 7.91. The molecule has 6 nitrogen and oxygen atoms in total. The Balaban J connectivity index is 1.85. The molecule has 0 spiro atoms. The van der Waals surface area contributed by atoms with Crippen molar-refractivity contribution in [3.05, 3.63) is 33.8 Å². The Hall–Kier alpha value is -1.26. The Kier molecular flexibility index (Phi) is 5.36. The summed E-state index contributed by atoms with van der Waals surface area (Å²) in [6.45, 7) is 0.756. The highest BCUT2D eigenvalue weighted by Crippen LogP contribution is 2.34. The number of hydrogen-bond acceptors (Lipinski definition) is 7. The zero-order chi connectivity index (χ0) is 17.2. The number of nitrogens with zero attached hydrogens (tertiary/aromatic N) is 1. The van der Waals surface area contributed by atoms with Crippen molar-refractivity contribution >= 4 is 38.5 Å². The van der Waals surface area contributed by atoms with Crippen LogP contribution in [0.4, 0.5) is 0 Å². The number of hydrogen-bond donors (Lipinski definition) is 0. The van der Waals surface area contributed by atoms with E-state index in [0.29, 0.717) is 17.2 Å². The molecule has 24 heavy (non-hydrogen) atoms. The van der Waals surface area contributed by atoms with E-state index >= 15 is 0 Å². The second-order valence-electron chi connectivity index (χ2n) is 5.23. The average Bonchev–Trinajstić information content (AvgIpc) is 3.26. The number of ether oxygens (including phenoxy) is 2. The minimum atomic E-state index is -3.73. The first-order valence-electron chi connectivity index (χ1n) is 7.32. The number of Topliss-reactive ketones (excluding diaryl/α,β-unsaturated/α-hetero) is 1. The molecule has 0 unspecified atom stereocenters. The minimum absolute atomic E-state index is 0.0705. The van der Waals surface area contributed by atoms with Crippen LogP contribution in [0.2, 0.25) is 0 Å². The van der Waals surface area contributed by atoms with Crippen LogP contribution in [-0.4, -0.2) is 51.4 Å². The maximum Gasteiger partial charge on any atom is 0.256 e. The first-order chi connectivity index (χ1) is 11.5. The number of morpholine rings is 1. The monoisotopic (exact) mass is 387 g/mol. The normalized spacial score (nSPS) is 19.3. The second kappa shape index (κ2) is 7.32. The van der Waals surface area contributed by atoms with Gasteiger partial charge in [0, 0.05) is 13.0 Å². The van der Waals surface area contributed by atoms with Crippen LogP contribution >= 0.6 is 22.7 Å². The van der Waals surface area contributed by atoms with E-state index in [-0.39, 0.29) is 29.6 Å². The summed E-state index contributed by atoms with van der Waals surface area (Å²) in [5, 5.41) is 3.51. The van der Waals surface area contributed by atoms with Gasteiger partial charge in [0.2, 0.25) is 0 Å². The Bertz CT molecular complexity index is 797. The predicted molar refractivity (Wildman–Crippen MR) is 92.6 cm³/mol. The summed E-state index contributed by atoms with van der Waals surface area (Å²) >= 11 is 2.47. The SMILES string of the molecule is COc1ccsc1S(=O)(=O)N1CCOC[C@H]1CC(=O)c1cccs1. The molecule has 1 atom stereocenters. The van der Waals surface area contributed by atoms with Crippen LogP contribution in [0.3, 0.4) is 0 Å². The van der Waals surface area contributed by atoms with Crippen molar-refractivity contribution in [2.75, 3.05) is 26.9 Å². The van der Waals surface area contributed by atoms with E-state index in [9.17, 15) is 13.2 Å². The standard InChI is InChI=1S/C15H17NO5S3/c1-20-13-4-8-23-15(13)24(18,19)16-5-6-21-10-11(16)9-12(17)14-3-2-7-22-14/h2-4,7-8,11H,5-6,9-10H2,1H3/t11-/m1/s1. The van der Waals surface area contributed by atoms with Gasteiger partial charge in [-0.2, -0.15) is 4.31 Å².